The van der Waals surface area contributed by atoms with Gasteiger partial charge in [0.2, 0.25) is 0 Å². The Morgan fingerprint density at radius 2 is 1.80 bits per heavy atom. The molecule has 0 spiro atoms. The van der Waals surface area contributed by atoms with Crippen LogP contribution in [-0.4, -0.2) is 20.9 Å². The highest BCUT2D eigenvalue weighted by Crippen LogP contribution is 2.08. The summed E-state index contributed by atoms with van der Waals surface area (Å²) in [5.74, 6) is 0.890. The number of fused-ring (bicyclic) bond motifs is 1. The second-order valence-electron chi connectivity index (χ2n) is 5.73. The topological polar surface area (TPSA) is 51.9 Å². The monoisotopic (exact) mass is 280 g/mol. The molecule has 2 heterocycles. The van der Waals surface area contributed by atoms with Crippen molar-refractivity contribution in [2.24, 2.45) is 0 Å². The van der Waals surface area contributed by atoms with Crippen molar-refractivity contribution in [1.29, 1.82) is 0 Å². The van der Waals surface area contributed by atoms with Gasteiger partial charge >= 0.3 is 5.69 Å². The summed E-state index contributed by atoms with van der Waals surface area (Å²) in [5.41, 5.74) is 0.0736. The number of aryl methyl sites for hydroxylation is 1. The zero-order valence-corrected chi connectivity index (χ0v) is 12.7. The molecule has 1 N–H and O–H groups in total. The Labute approximate surface area is 121 Å². The minimum absolute atomic E-state index is 0.0736. The summed E-state index contributed by atoms with van der Waals surface area (Å²) in [6.07, 6.45) is 10.3. The number of nitrogens with zero attached hydrogens (tertiary/aromatic N) is 3. The maximum absolute atomic E-state index is 12.1. The molecule has 0 aliphatic carbocycles. The third-order valence-corrected chi connectivity index (χ3v) is 4.02. The van der Waals surface area contributed by atoms with E-state index in [1.165, 1.54) is 44.9 Å². The fourth-order valence-electron chi connectivity index (χ4n) is 2.77. The standard InChI is InChI=1S/C15H28N4O/c1-2-3-4-5-6-7-8-9-11-19-15(20)18-12-10-16-13-14(18)17-19/h16H,2-13H2,1H3. The molecule has 2 rings (SSSR count). The molecule has 20 heavy (non-hydrogen) atoms. The SMILES string of the molecule is CCCCCCCCCCn1nc2n(c1=O)CCNC2. The molecule has 1 aliphatic heterocycles. The predicted octanol–water partition coefficient (Wildman–Crippen LogP) is 2.29. The molecule has 0 fully saturated rings. The van der Waals surface area contributed by atoms with Crippen LogP contribution in [-0.2, 0) is 19.6 Å². The van der Waals surface area contributed by atoms with Gasteiger partial charge in [-0.3, -0.25) is 4.57 Å². The number of nitrogens with one attached hydrogen (secondary N) is 1. The molecule has 0 aromatic carbocycles. The van der Waals surface area contributed by atoms with Gasteiger partial charge in [0.1, 0.15) is 5.82 Å². The lowest BCUT2D eigenvalue weighted by atomic mass is 10.1. The van der Waals surface area contributed by atoms with Gasteiger partial charge in [0, 0.05) is 19.6 Å². The van der Waals surface area contributed by atoms with Crippen LogP contribution in [0.15, 0.2) is 4.79 Å². The van der Waals surface area contributed by atoms with Crippen molar-refractivity contribution in [1.82, 2.24) is 19.7 Å². The summed E-state index contributed by atoms with van der Waals surface area (Å²) in [6.45, 7) is 5.37. The van der Waals surface area contributed by atoms with Gasteiger partial charge < -0.3 is 5.32 Å². The van der Waals surface area contributed by atoms with Crippen molar-refractivity contribution in [3.63, 3.8) is 0 Å². The van der Waals surface area contributed by atoms with Crippen LogP contribution in [0.2, 0.25) is 0 Å². The van der Waals surface area contributed by atoms with Crippen molar-refractivity contribution < 1.29 is 0 Å². The smallest absolute Gasteiger partial charge is 0.308 e. The average molecular weight is 280 g/mol. The molecule has 1 aromatic rings. The Kier molecular flexibility index (Phi) is 6.30. The van der Waals surface area contributed by atoms with Crippen molar-refractivity contribution >= 4 is 0 Å². The Balaban J connectivity index is 1.65. The first-order valence-electron chi connectivity index (χ1n) is 8.20. The van der Waals surface area contributed by atoms with Crippen LogP contribution in [0.25, 0.3) is 0 Å². The Hall–Kier alpha value is -1.10. The summed E-state index contributed by atoms with van der Waals surface area (Å²) in [5, 5.41) is 7.66. The first-order valence-corrected chi connectivity index (χ1v) is 8.20. The molecule has 0 amide bonds. The molecule has 5 heteroatoms. The van der Waals surface area contributed by atoms with Crippen LogP contribution in [0.5, 0.6) is 0 Å². The molecule has 5 nitrogen and oxygen atoms in total. The van der Waals surface area contributed by atoms with E-state index in [4.69, 9.17) is 0 Å². The fraction of sp³-hybridized carbons (Fsp3) is 0.867. The summed E-state index contributed by atoms with van der Waals surface area (Å²) in [7, 11) is 0. The predicted molar refractivity (Wildman–Crippen MR) is 80.8 cm³/mol. The van der Waals surface area contributed by atoms with E-state index in [1.807, 2.05) is 0 Å². The Bertz CT molecular complexity index is 449. The highest BCUT2D eigenvalue weighted by Gasteiger charge is 2.15. The maximum atomic E-state index is 12.1. The van der Waals surface area contributed by atoms with E-state index in [0.717, 1.165) is 38.4 Å². The van der Waals surface area contributed by atoms with Crippen LogP contribution in [0.3, 0.4) is 0 Å². The number of rotatable bonds is 9. The quantitative estimate of drug-likeness (QED) is 0.706. The minimum atomic E-state index is 0.0736. The third-order valence-electron chi connectivity index (χ3n) is 4.02. The molecule has 114 valence electrons. The zero-order valence-electron chi connectivity index (χ0n) is 12.7. The number of unbranched alkanes of at least 4 members (excludes halogenated alkanes) is 7. The summed E-state index contributed by atoms with van der Waals surface area (Å²) in [6, 6.07) is 0. The van der Waals surface area contributed by atoms with E-state index in [9.17, 15) is 4.79 Å². The zero-order chi connectivity index (χ0) is 14.2. The van der Waals surface area contributed by atoms with Crippen LogP contribution in [0.1, 0.15) is 64.1 Å². The van der Waals surface area contributed by atoms with E-state index in [-0.39, 0.29) is 5.69 Å². The van der Waals surface area contributed by atoms with Crippen molar-refractivity contribution in [2.45, 2.75) is 77.9 Å². The third kappa shape index (κ3) is 4.20. The molecule has 0 saturated heterocycles. The Morgan fingerprint density at radius 3 is 2.50 bits per heavy atom. The lowest BCUT2D eigenvalue weighted by molar-refractivity contribution is 0.494. The van der Waals surface area contributed by atoms with Crippen LogP contribution in [0.4, 0.5) is 0 Å². The number of hydrogen-bond acceptors (Lipinski definition) is 3. The van der Waals surface area contributed by atoms with E-state index < -0.39 is 0 Å². The highest BCUT2D eigenvalue weighted by molar-refractivity contribution is 4.90. The van der Waals surface area contributed by atoms with Crippen LogP contribution < -0.4 is 11.0 Å². The maximum Gasteiger partial charge on any atom is 0.345 e. The Morgan fingerprint density at radius 1 is 1.10 bits per heavy atom. The van der Waals surface area contributed by atoms with Gasteiger partial charge in [0.05, 0.1) is 6.54 Å². The molecule has 0 bridgehead atoms. The van der Waals surface area contributed by atoms with Gasteiger partial charge in [-0.1, -0.05) is 51.9 Å². The molecule has 0 atom stereocenters. The molecule has 0 radical (unpaired) electrons. The van der Waals surface area contributed by atoms with Crippen molar-refractivity contribution in [3.05, 3.63) is 16.3 Å². The van der Waals surface area contributed by atoms with Gasteiger partial charge in [-0.05, 0) is 6.42 Å². The van der Waals surface area contributed by atoms with Crippen molar-refractivity contribution in [3.8, 4) is 0 Å². The molecule has 0 saturated carbocycles. The minimum Gasteiger partial charge on any atom is -0.308 e. The highest BCUT2D eigenvalue weighted by atomic mass is 16.2. The first-order chi connectivity index (χ1) is 9.83. The molecule has 1 aromatic heterocycles. The second-order valence-corrected chi connectivity index (χ2v) is 5.73. The fourth-order valence-corrected chi connectivity index (χ4v) is 2.77. The molecular formula is C15H28N4O. The van der Waals surface area contributed by atoms with E-state index >= 15 is 0 Å². The van der Waals surface area contributed by atoms with Crippen LogP contribution >= 0.6 is 0 Å². The molecule has 1 aliphatic rings. The van der Waals surface area contributed by atoms with Gasteiger partial charge in [0.15, 0.2) is 0 Å². The van der Waals surface area contributed by atoms with Gasteiger partial charge in [-0.2, -0.15) is 5.10 Å². The van der Waals surface area contributed by atoms with E-state index in [1.54, 1.807) is 9.25 Å². The summed E-state index contributed by atoms with van der Waals surface area (Å²) in [4.78, 5) is 12.1. The largest absolute Gasteiger partial charge is 0.345 e. The first kappa shape index (κ1) is 15.3. The van der Waals surface area contributed by atoms with E-state index in [0.29, 0.717) is 0 Å². The lowest BCUT2D eigenvalue weighted by Crippen LogP contribution is -2.34. The van der Waals surface area contributed by atoms with Crippen LogP contribution in [0, 0.1) is 0 Å². The molecule has 0 unspecified atom stereocenters. The average Bonchev–Trinajstić information content (AvgIpc) is 2.79. The summed E-state index contributed by atoms with van der Waals surface area (Å²) < 4.78 is 3.46. The normalized spacial score (nSPS) is 14.4. The van der Waals surface area contributed by atoms with E-state index in [2.05, 4.69) is 17.3 Å². The molecular weight excluding hydrogens is 252 g/mol. The lowest BCUT2D eigenvalue weighted by Gasteiger charge is -2.11. The number of aromatic nitrogens is 3. The van der Waals surface area contributed by atoms with Crippen molar-refractivity contribution in [2.75, 3.05) is 6.54 Å². The second kappa shape index (κ2) is 8.25. The van der Waals surface area contributed by atoms with Gasteiger partial charge in [0.25, 0.3) is 0 Å². The van der Waals surface area contributed by atoms with Gasteiger partial charge in [-0.25, -0.2) is 9.48 Å². The number of hydrogen-bond donors (Lipinski definition) is 1. The summed E-state index contributed by atoms with van der Waals surface area (Å²) >= 11 is 0. The van der Waals surface area contributed by atoms with Gasteiger partial charge in [-0.15, -0.1) is 0 Å².